The molecule has 3 aromatic heterocycles. The van der Waals surface area contributed by atoms with Gasteiger partial charge >= 0.3 is 6.18 Å². The van der Waals surface area contributed by atoms with E-state index in [9.17, 15) is 31.5 Å². The Morgan fingerprint density at radius 2 is 2.00 bits per heavy atom. The first-order valence-corrected chi connectivity index (χ1v) is 15.2. The van der Waals surface area contributed by atoms with E-state index in [0.29, 0.717) is 36.7 Å². The maximum atomic E-state index is 14.1. The van der Waals surface area contributed by atoms with E-state index in [1.54, 1.807) is 19.3 Å². The van der Waals surface area contributed by atoms with Gasteiger partial charge in [-0.2, -0.15) is 23.4 Å². The van der Waals surface area contributed by atoms with E-state index in [1.165, 1.54) is 15.4 Å². The molecule has 11 nitrogen and oxygen atoms in total. The van der Waals surface area contributed by atoms with Gasteiger partial charge in [-0.05, 0) is 44.1 Å². The third kappa shape index (κ3) is 6.79. The number of imidazole rings is 1. The van der Waals surface area contributed by atoms with Gasteiger partial charge in [0, 0.05) is 57.5 Å². The van der Waals surface area contributed by atoms with Crippen LogP contribution in [0.25, 0.3) is 5.78 Å². The minimum Gasteiger partial charge on any atom is -0.381 e. The summed E-state index contributed by atoms with van der Waals surface area (Å²) in [5, 5.41) is 14.1. The fourth-order valence-electron chi connectivity index (χ4n) is 6.66. The summed E-state index contributed by atoms with van der Waals surface area (Å²) in [6, 6.07) is 0.803. The molecule has 2 N–H and O–H groups in total. The zero-order valence-electron chi connectivity index (χ0n) is 24.7. The van der Waals surface area contributed by atoms with Crippen molar-refractivity contribution >= 4 is 17.6 Å². The quantitative estimate of drug-likeness (QED) is 0.376. The number of ether oxygens (including phenoxy) is 1. The van der Waals surface area contributed by atoms with Gasteiger partial charge in [0.15, 0.2) is 0 Å². The zero-order valence-corrected chi connectivity index (χ0v) is 24.7. The van der Waals surface area contributed by atoms with Crippen molar-refractivity contribution in [3.8, 4) is 0 Å². The normalized spacial score (nSPS) is 25.2. The van der Waals surface area contributed by atoms with Crippen molar-refractivity contribution in [3.05, 3.63) is 41.2 Å². The number of nitrogens with zero attached hydrogens (tertiary/aromatic N) is 6. The number of hydrogen-bond acceptors (Lipinski definition) is 7. The highest BCUT2D eigenvalue weighted by Gasteiger charge is 2.45. The van der Waals surface area contributed by atoms with Gasteiger partial charge in [-0.25, -0.2) is 23.3 Å². The number of hydrogen-bond donors (Lipinski definition) is 2. The van der Waals surface area contributed by atoms with Crippen LogP contribution in [-0.4, -0.2) is 73.0 Å². The maximum Gasteiger partial charge on any atom is 0.393 e. The number of piperidine rings is 1. The molecule has 2 saturated heterocycles. The Morgan fingerprint density at radius 3 is 2.67 bits per heavy atom. The summed E-state index contributed by atoms with van der Waals surface area (Å²) in [5.41, 5.74) is 1.54. The fourth-order valence-corrected chi connectivity index (χ4v) is 6.66. The number of carbonyl (C=O) groups is 2. The number of halogens is 5. The van der Waals surface area contributed by atoms with Crippen molar-refractivity contribution in [2.24, 2.45) is 24.8 Å². The van der Waals surface area contributed by atoms with E-state index in [4.69, 9.17) is 14.8 Å². The van der Waals surface area contributed by atoms with Gasteiger partial charge in [-0.15, -0.1) is 0 Å². The van der Waals surface area contributed by atoms with Gasteiger partial charge in [0.2, 0.25) is 11.8 Å². The fraction of sp³-hybridized carbons (Fsp3) is 0.655. The first-order chi connectivity index (χ1) is 21.4. The van der Waals surface area contributed by atoms with Crippen molar-refractivity contribution < 1.29 is 36.3 Å². The lowest BCUT2D eigenvalue weighted by Crippen LogP contribution is -2.47. The van der Waals surface area contributed by atoms with Gasteiger partial charge in [0.1, 0.15) is 5.69 Å². The Hall–Kier alpha value is -3.69. The topological polar surface area (TPSA) is 128 Å². The Morgan fingerprint density at radius 1 is 1.22 bits per heavy atom. The summed E-state index contributed by atoms with van der Waals surface area (Å²) in [5.74, 6) is -6.67. The Labute approximate surface area is 255 Å². The number of fused-ring (bicyclic) bond motifs is 1. The maximum absolute atomic E-state index is 14.1. The standard InChI is InChI=1S/C29H35F5N8O3/c1-41-22(6-9-36-41)26(44)38-23(16-4-7-28(30,31)8-5-16)21-14-42-27(37-21)39-24(17-3-2-10-45-15-17)20(40-42)12-18-11-19(29(32,33)34)13-35-25(18)43/h6,9,14,16-19,23H,2-5,7-8,10-13,15H2,1H3,(H,35,43)(H,38,44)/t17-,18+,19+,23-/m0/s1. The summed E-state index contributed by atoms with van der Waals surface area (Å²) in [6.07, 6.45) is -0.680. The van der Waals surface area contributed by atoms with Gasteiger partial charge in [0.25, 0.3) is 11.7 Å². The summed E-state index contributed by atoms with van der Waals surface area (Å²) >= 11 is 0. The first kappa shape index (κ1) is 31.3. The number of nitrogens with one attached hydrogen (secondary N) is 2. The Kier molecular flexibility index (Phi) is 8.52. The molecule has 2 amide bonds. The van der Waals surface area contributed by atoms with Gasteiger partial charge in [0.05, 0.1) is 41.8 Å². The smallest absolute Gasteiger partial charge is 0.381 e. The van der Waals surface area contributed by atoms with E-state index in [-0.39, 0.29) is 61.8 Å². The number of carbonyl (C=O) groups excluding carboxylic acids is 2. The van der Waals surface area contributed by atoms with Gasteiger partial charge in [-0.3, -0.25) is 14.3 Å². The number of rotatable bonds is 7. The third-order valence-corrected chi connectivity index (χ3v) is 9.24. The first-order valence-electron chi connectivity index (χ1n) is 15.2. The molecule has 1 aliphatic carbocycles. The third-order valence-electron chi connectivity index (χ3n) is 9.24. The van der Waals surface area contributed by atoms with Crippen LogP contribution in [0.5, 0.6) is 0 Å². The van der Waals surface area contributed by atoms with Gasteiger partial charge in [-0.1, -0.05) is 0 Å². The molecule has 2 aliphatic heterocycles. The lowest BCUT2D eigenvalue weighted by atomic mass is 9.81. The number of aryl methyl sites for hydroxylation is 1. The van der Waals surface area contributed by atoms with Crippen LogP contribution in [0.1, 0.15) is 84.5 Å². The average Bonchev–Trinajstić information content (AvgIpc) is 3.62. The zero-order chi connectivity index (χ0) is 31.9. The van der Waals surface area contributed by atoms with Crippen molar-refractivity contribution in [2.45, 2.75) is 75.4 Å². The molecule has 16 heteroatoms. The van der Waals surface area contributed by atoms with Crippen LogP contribution in [-0.2, 0) is 23.0 Å². The molecule has 0 unspecified atom stereocenters. The SMILES string of the molecule is Cn1nccc1C(=O)N[C@H](c1cn2nc(C[C@H]3C[C@@H](C(F)(F)F)CNC3=O)c([C@H]3CCCOC3)nc2n1)C1CCC(F)(F)CC1. The lowest BCUT2D eigenvalue weighted by molar-refractivity contribution is -0.183. The molecular formula is C29H35F5N8O3. The average molecular weight is 639 g/mol. The molecule has 0 bridgehead atoms. The second-order valence-electron chi connectivity index (χ2n) is 12.4. The second-order valence-corrected chi connectivity index (χ2v) is 12.4. The molecule has 1 saturated carbocycles. The number of alkyl halides is 5. The van der Waals surface area contributed by atoms with Crippen LogP contribution in [0.4, 0.5) is 22.0 Å². The molecule has 3 aromatic rings. The molecule has 244 valence electrons. The van der Waals surface area contributed by atoms with Crippen LogP contribution in [0.3, 0.4) is 0 Å². The molecule has 4 atom stereocenters. The van der Waals surface area contributed by atoms with E-state index >= 15 is 0 Å². The highest BCUT2D eigenvalue weighted by Crippen LogP contribution is 2.42. The molecule has 0 aromatic carbocycles. The van der Waals surface area contributed by atoms with Crippen LogP contribution in [0.2, 0.25) is 0 Å². The summed E-state index contributed by atoms with van der Waals surface area (Å²) in [7, 11) is 1.62. The molecular weight excluding hydrogens is 603 g/mol. The lowest BCUT2D eigenvalue weighted by Gasteiger charge is -2.33. The largest absolute Gasteiger partial charge is 0.393 e. The van der Waals surface area contributed by atoms with Crippen LogP contribution < -0.4 is 10.6 Å². The molecule has 5 heterocycles. The van der Waals surface area contributed by atoms with Crippen molar-refractivity contribution in [3.63, 3.8) is 0 Å². The molecule has 3 aliphatic rings. The molecule has 0 spiro atoms. The highest BCUT2D eigenvalue weighted by molar-refractivity contribution is 5.92. The molecule has 0 radical (unpaired) electrons. The highest BCUT2D eigenvalue weighted by atomic mass is 19.4. The number of aromatic nitrogens is 6. The monoisotopic (exact) mass is 638 g/mol. The predicted octanol–water partition coefficient (Wildman–Crippen LogP) is 3.91. The van der Waals surface area contributed by atoms with Crippen molar-refractivity contribution in [2.75, 3.05) is 19.8 Å². The van der Waals surface area contributed by atoms with E-state index < -0.39 is 48.3 Å². The minimum absolute atomic E-state index is 0.0565. The number of amides is 2. The van der Waals surface area contributed by atoms with Crippen molar-refractivity contribution in [1.82, 2.24) is 40.0 Å². The Bertz CT molecular complexity index is 1540. The predicted molar refractivity (Wildman–Crippen MR) is 148 cm³/mol. The summed E-state index contributed by atoms with van der Waals surface area (Å²) in [4.78, 5) is 35.4. The molecule has 45 heavy (non-hydrogen) atoms. The Balaban J connectivity index is 1.35. The molecule has 3 fully saturated rings. The van der Waals surface area contributed by atoms with E-state index in [2.05, 4.69) is 20.7 Å². The minimum atomic E-state index is -4.45. The van der Waals surface area contributed by atoms with Gasteiger partial charge < -0.3 is 15.4 Å². The summed E-state index contributed by atoms with van der Waals surface area (Å²) < 4.78 is 77.3. The van der Waals surface area contributed by atoms with Crippen LogP contribution >= 0.6 is 0 Å². The van der Waals surface area contributed by atoms with Crippen LogP contribution in [0, 0.1) is 17.8 Å². The van der Waals surface area contributed by atoms with E-state index in [0.717, 1.165) is 6.42 Å². The summed E-state index contributed by atoms with van der Waals surface area (Å²) in [6.45, 7) is 0.454. The van der Waals surface area contributed by atoms with Crippen LogP contribution in [0.15, 0.2) is 18.5 Å². The molecule has 6 rings (SSSR count). The van der Waals surface area contributed by atoms with Crippen molar-refractivity contribution in [1.29, 1.82) is 0 Å². The van der Waals surface area contributed by atoms with E-state index in [1.807, 2.05) is 0 Å². The second kappa shape index (κ2) is 12.2.